The fraction of sp³-hybridized carbons (Fsp3) is 0.364. The van der Waals surface area contributed by atoms with E-state index < -0.39 is 5.97 Å². The average Bonchev–Trinajstić information content (AvgIpc) is 2.69. The van der Waals surface area contributed by atoms with Gasteiger partial charge in [-0.25, -0.2) is 14.3 Å². The first kappa shape index (κ1) is 11.4. The van der Waals surface area contributed by atoms with Crippen LogP contribution >= 0.6 is 0 Å². The Morgan fingerprint density at radius 2 is 2.18 bits per heavy atom. The van der Waals surface area contributed by atoms with E-state index in [-0.39, 0.29) is 6.61 Å². The monoisotopic (exact) mass is 235 g/mol. The molecule has 0 radical (unpaired) electrons. The molecule has 0 saturated heterocycles. The minimum Gasteiger partial charge on any atom is -0.466 e. The van der Waals surface area contributed by atoms with Crippen LogP contribution in [0.1, 0.15) is 11.4 Å². The van der Waals surface area contributed by atoms with Crippen molar-refractivity contribution in [3.63, 3.8) is 0 Å². The molecule has 0 aliphatic carbocycles. The lowest BCUT2D eigenvalue weighted by Gasteiger charge is -2.00. The van der Waals surface area contributed by atoms with Gasteiger partial charge in [0.2, 0.25) is 5.88 Å². The second kappa shape index (κ2) is 4.40. The molecule has 0 bridgehead atoms. The lowest BCUT2D eigenvalue weighted by atomic mass is 10.3. The second-order valence-electron chi connectivity index (χ2n) is 3.66. The van der Waals surface area contributed by atoms with Crippen LogP contribution in [-0.4, -0.2) is 34.3 Å². The summed E-state index contributed by atoms with van der Waals surface area (Å²) in [5, 5.41) is 4.18. The number of ether oxygens (including phenoxy) is 2. The third-order valence-corrected chi connectivity index (χ3v) is 2.28. The van der Waals surface area contributed by atoms with Gasteiger partial charge in [0.1, 0.15) is 0 Å². The highest BCUT2D eigenvalue weighted by molar-refractivity contribution is 5.70. The van der Waals surface area contributed by atoms with Crippen molar-refractivity contribution in [2.75, 3.05) is 13.7 Å². The van der Waals surface area contributed by atoms with Gasteiger partial charge in [-0.05, 0) is 19.9 Å². The van der Waals surface area contributed by atoms with E-state index in [0.717, 1.165) is 11.4 Å². The molecule has 0 amide bonds. The van der Waals surface area contributed by atoms with Crippen molar-refractivity contribution in [3.8, 4) is 5.88 Å². The number of fused-ring (bicyclic) bond motifs is 1. The summed E-state index contributed by atoms with van der Waals surface area (Å²) in [6.07, 6.45) is 0. The number of hydrogen-bond acceptors (Lipinski definition) is 5. The number of hydrogen-bond donors (Lipinski definition) is 0. The second-order valence-corrected chi connectivity index (χ2v) is 3.66. The van der Waals surface area contributed by atoms with Gasteiger partial charge in [-0.3, -0.25) is 0 Å². The lowest BCUT2D eigenvalue weighted by Crippen LogP contribution is -2.12. The fourth-order valence-corrected chi connectivity index (χ4v) is 1.53. The van der Waals surface area contributed by atoms with Crippen LogP contribution in [0.15, 0.2) is 12.1 Å². The first-order valence-corrected chi connectivity index (χ1v) is 5.14. The Morgan fingerprint density at radius 1 is 1.41 bits per heavy atom. The van der Waals surface area contributed by atoms with E-state index in [0.29, 0.717) is 11.5 Å². The molecule has 6 nitrogen and oxygen atoms in total. The smallest absolute Gasteiger partial charge is 0.343 e. The zero-order valence-corrected chi connectivity index (χ0v) is 9.93. The number of esters is 1. The minimum absolute atomic E-state index is 0.154. The van der Waals surface area contributed by atoms with E-state index in [1.54, 1.807) is 10.6 Å². The van der Waals surface area contributed by atoms with E-state index in [2.05, 4.69) is 14.8 Å². The maximum Gasteiger partial charge on any atom is 0.343 e. The molecule has 6 heteroatoms. The molecule has 0 N–H and O–H groups in total. The molecule has 0 saturated carbocycles. The lowest BCUT2D eigenvalue weighted by molar-refractivity contribution is -0.143. The number of methoxy groups -OCH3 is 1. The van der Waals surface area contributed by atoms with Crippen molar-refractivity contribution in [3.05, 3.63) is 23.5 Å². The SMILES string of the molecule is COC(=O)COc1cc2nc(C)cc(C)n2n1. The normalized spacial score (nSPS) is 10.5. The van der Waals surface area contributed by atoms with Gasteiger partial charge in [-0.1, -0.05) is 0 Å². The molecular weight excluding hydrogens is 222 g/mol. The highest BCUT2D eigenvalue weighted by Crippen LogP contribution is 2.14. The summed E-state index contributed by atoms with van der Waals surface area (Å²) in [6.45, 7) is 3.69. The Balaban J connectivity index is 2.26. The zero-order chi connectivity index (χ0) is 12.4. The molecule has 2 aromatic heterocycles. The Bertz CT molecular complexity index is 562. The van der Waals surface area contributed by atoms with E-state index >= 15 is 0 Å². The molecular formula is C11H13N3O3. The van der Waals surface area contributed by atoms with Crippen molar-refractivity contribution in [2.45, 2.75) is 13.8 Å². The van der Waals surface area contributed by atoms with Crippen LogP contribution in [0.2, 0.25) is 0 Å². The van der Waals surface area contributed by atoms with E-state index in [9.17, 15) is 4.79 Å². The molecule has 90 valence electrons. The average molecular weight is 235 g/mol. The van der Waals surface area contributed by atoms with Crippen LogP contribution in [0.25, 0.3) is 5.65 Å². The van der Waals surface area contributed by atoms with Gasteiger partial charge >= 0.3 is 5.97 Å². The first-order valence-electron chi connectivity index (χ1n) is 5.14. The van der Waals surface area contributed by atoms with Gasteiger partial charge in [-0.15, -0.1) is 5.10 Å². The number of rotatable bonds is 3. The molecule has 0 aliphatic heterocycles. The first-order chi connectivity index (χ1) is 8.10. The summed E-state index contributed by atoms with van der Waals surface area (Å²) >= 11 is 0. The Labute approximate surface area is 98.2 Å². The summed E-state index contributed by atoms with van der Waals surface area (Å²) in [7, 11) is 1.31. The standard InChI is InChI=1S/C11H13N3O3/c1-7-4-8(2)14-9(12-7)5-10(13-14)17-6-11(15)16-3/h4-5H,6H2,1-3H3. The minimum atomic E-state index is -0.442. The summed E-state index contributed by atoms with van der Waals surface area (Å²) in [4.78, 5) is 15.2. The highest BCUT2D eigenvalue weighted by atomic mass is 16.6. The molecule has 0 unspecified atom stereocenters. The van der Waals surface area contributed by atoms with E-state index in [4.69, 9.17) is 4.74 Å². The van der Waals surface area contributed by atoms with Crippen LogP contribution < -0.4 is 4.74 Å². The van der Waals surface area contributed by atoms with Gasteiger partial charge in [0.25, 0.3) is 0 Å². The fourth-order valence-electron chi connectivity index (χ4n) is 1.53. The van der Waals surface area contributed by atoms with Crippen molar-refractivity contribution in [1.82, 2.24) is 14.6 Å². The Morgan fingerprint density at radius 3 is 2.88 bits per heavy atom. The summed E-state index contributed by atoms with van der Waals surface area (Å²) in [6, 6.07) is 3.60. The van der Waals surface area contributed by atoms with Gasteiger partial charge in [-0.2, -0.15) is 0 Å². The molecule has 2 aromatic rings. The van der Waals surface area contributed by atoms with Crippen molar-refractivity contribution in [1.29, 1.82) is 0 Å². The largest absolute Gasteiger partial charge is 0.466 e. The molecule has 0 aromatic carbocycles. The third kappa shape index (κ3) is 2.35. The number of aromatic nitrogens is 3. The molecule has 0 atom stereocenters. The molecule has 0 spiro atoms. The molecule has 0 fully saturated rings. The zero-order valence-electron chi connectivity index (χ0n) is 9.93. The van der Waals surface area contributed by atoms with Crippen LogP contribution in [0.5, 0.6) is 5.88 Å². The van der Waals surface area contributed by atoms with Crippen molar-refractivity contribution >= 4 is 11.6 Å². The van der Waals surface area contributed by atoms with Crippen LogP contribution in [0.3, 0.4) is 0 Å². The maximum absolute atomic E-state index is 10.9. The highest BCUT2D eigenvalue weighted by Gasteiger charge is 2.08. The number of carbonyl (C=O) groups excluding carboxylic acids is 1. The Hall–Kier alpha value is -2.11. The molecule has 2 heterocycles. The number of carbonyl (C=O) groups is 1. The van der Waals surface area contributed by atoms with Gasteiger partial charge in [0, 0.05) is 17.5 Å². The number of nitrogens with zero attached hydrogens (tertiary/aromatic N) is 3. The summed E-state index contributed by atoms with van der Waals surface area (Å²) < 4.78 is 11.3. The molecule has 17 heavy (non-hydrogen) atoms. The summed E-state index contributed by atoms with van der Waals surface area (Å²) in [5.74, 6) is -0.0838. The molecule has 0 aliphatic rings. The quantitative estimate of drug-likeness (QED) is 0.739. The van der Waals surface area contributed by atoms with Crippen molar-refractivity contribution < 1.29 is 14.3 Å². The van der Waals surface area contributed by atoms with Crippen LogP contribution in [0, 0.1) is 13.8 Å². The van der Waals surface area contributed by atoms with Crippen molar-refractivity contribution in [2.24, 2.45) is 0 Å². The predicted molar refractivity (Wildman–Crippen MR) is 60.0 cm³/mol. The van der Waals surface area contributed by atoms with Gasteiger partial charge in [0.05, 0.1) is 7.11 Å². The number of aryl methyl sites for hydroxylation is 2. The summed E-state index contributed by atoms with van der Waals surface area (Å²) in [5.41, 5.74) is 2.57. The molecule has 2 rings (SSSR count). The maximum atomic E-state index is 10.9. The Kier molecular flexibility index (Phi) is 2.95. The van der Waals surface area contributed by atoms with Gasteiger partial charge in [0.15, 0.2) is 12.3 Å². The predicted octanol–water partition coefficient (Wildman–Crippen LogP) is 0.898. The third-order valence-electron chi connectivity index (χ3n) is 2.28. The van der Waals surface area contributed by atoms with E-state index in [1.807, 2.05) is 19.9 Å². The van der Waals surface area contributed by atoms with Gasteiger partial charge < -0.3 is 9.47 Å². The van der Waals surface area contributed by atoms with E-state index in [1.165, 1.54) is 7.11 Å². The topological polar surface area (TPSA) is 65.7 Å². The van der Waals surface area contributed by atoms with Crippen LogP contribution in [-0.2, 0) is 9.53 Å². The van der Waals surface area contributed by atoms with Crippen LogP contribution in [0.4, 0.5) is 0 Å².